The molecule has 3 nitrogen and oxygen atoms in total. The van der Waals surface area contributed by atoms with Crippen molar-refractivity contribution in [1.82, 2.24) is 4.90 Å². The van der Waals surface area contributed by atoms with E-state index in [1.165, 1.54) is 6.07 Å². The number of halogens is 3. The van der Waals surface area contributed by atoms with Crippen molar-refractivity contribution in [2.75, 3.05) is 37.6 Å². The van der Waals surface area contributed by atoms with Crippen molar-refractivity contribution >= 4 is 5.69 Å². The minimum absolute atomic E-state index is 0.213. The zero-order valence-corrected chi connectivity index (χ0v) is 11.5. The van der Waals surface area contributed by atoms with Crippen molar-refractivity contribution < 1.29 is 18.3 Å². The summed E-state index contributed by atoms with van der Waals surface area (Å²) in [5.41, 5.74) is -0.160. The van der Waals surface area contributed by atoms with Crippen LogP contribution in [-0.2, 0) is 12.8 Å². The highest BCUT2D eigenvalue weighted by Crippen LogP contribution is 2.37. The van der Waals surface area contributed by atoms with Crippen molar-refractivity contribution in [1.29, 1.82) is 0 Å². The smallest absolute Gasteiger partial charge is 0.392 e. The molecule has 0 atom stereocenters. The summed E-state index contributed by atoms with van der Waals surface area (Å²) in [4.78, 5) is 3.99. The van der Waals surface area contributed by atoms with Gasteiger partial charge in [-0.3, -0.25) is 0 Å². The molecular formula is C14H19F3N2O. The zero-order valence-electron chi connectivity index (χ0n) is 11.5. The van der Waals surface area contributed by atoms with Gasteiger partial charge in [-0.1, -0.05) is 13.0 Å². The van der Waals surface area contributed by atoms with Gasteiger partial charge in [0, 0.05) is 31.9 Å². The maximum atomic E-state index is 13.1. The van der Waals surface area contributed by atoms with Crippen LogP contribution in [-0.4, -0.2) is 42.7 Å². The Hall–Kier alpha value is -1.27. The SMILES string of the molecule is CCN1CCN(c2ccc(CO)cc2C(F)(F)F)CC1. The molecule has 1 aliphatic heterocycles. The van der Waals surface area contributed by atoms with Gasteiger partial charge >= 0.3 is 6.18 Å². The van der Waals surface area contributed by atoms with Gasteiger partial charge in [0.05, 0.1) is 12.2 Å². The molecule has 0 saturated carbocycles. The van der Waals surface area contributed by atoms with Crippen LogP contribution in [0, 0.1) is 0 Å². The summed E-state index contributed by atoms with van der Waals surface area (Å²) >= 11 is 0. The minimum atomic E-state index is -4.40. The van der Waals surface area contributed by atoms with E-state index in [1.807, 2.05) is 6.92 Å². The van der Waals surface area contributed by atoms with Gasteiger partial charge in [-0.05, 0) is 24.2 Å². The van der Waals surface area contributed by atoms with Gasteiger partial charge in [0.2, 0.25) is 0 Å². The Bertz CT molecular complexity index is 454. The third-order valence-electron chi connectivity index (χ3n) is 3.71. The Labute approximate surface area is 116 Å². The average molecular weight is 288 g/mol. The second-order valence-electron chi connectivity index (χ2n) is 4.93. The van der Waals surface area contributed by atoms with Crippen LogP contribution in [0.5, 0.6) is 0 Å². The lowest BCUT2D eigenvalue weighted by Gasteiger charge is -2.36. The summed E-state index contributed by atoms with van der Waals surface area (Å²) in [6.45, 7) is 5.32. The number of aliphatic hydroxyl groups is 1. The highest BCUT2D eigenvalue weighted by atomic mass is 19.4. The summed E-state index contributed by atoms with van der Waals surface area (Å²) < 4.78 is 39.4. The van der Waals surface area contributed by atoms with Crippen LogP contribution < -0.4 is 4.90 Å². The van der Waals surface area contributed by atoms with E-state index in [1.54, 1.807) is 11.0 Å². The second kappa shape index (κ2) is 6.01. The molecule has 20 heavy (non-hydrogen) atoms. The minimum Gasteiger partial charge on any atom is -0.392 e. The first-order chi connectivity index (χ1) is 9.45. The van der Waals surface area contributed by atoms with Gasteiger partial charge in [-0.2, -0.15) is 13.2 Å². The van der Waals surface area contributed by atoms with Crippen LogP contribution in [0.4, 0.5) is 18.9 Å². The lowest BCUT2D eigenvalue weighted by atomic mass is 10.1. The quantitative estimate of drug-likeness (QED) is 0.925. The standard InChI is InChI=1S/C14H19F3N2O/c1-2-18-5-7-19(8-6-18)13-4-3-11(10-20)9-12(13)14(15,16)17/h3-4,9,20H,2,5-8,10H2,1H3. The van der Waals surface area contributed by atoms with Crippen molar-refractivity contribution in [2.24, 2.45) is 0 Å². The number of alkyl halides is 3. The Balaban J connectivity index is 2.27. The lowest BCUT2D eigenvalue weighted by Crippen LogP contribution is -2.46. The topological polar surface area (TPSA) is 26.7 Å². The molecule has 2 rings (SSSR count). The molecule has 1 aromatic rings. The van der Waals surface area contributed by atoms with Crippen molar-refractivity contribution in [3.63, 3.8) is 0 Å². The van der Waals surface area contributed by atoms with Gasteiger partial charge in [0.15, 0.2) is 0 Å². The number of piperazine rings is 1. The third kappa shape index (κ3) is 3.24. The highest BCUT2D eigenvalue weighted by Gasteiger charge is 2.35. The number of likely N-dealkylation sites (N-methyl/N-ethyl adjacent to an activating group) is 1. The van der Waals surface area contributed by atoms with Crippen LogP contribution in [0.2, 0.25) is 0 Å². The van der Waals surface area contributed by atoms with Crippen molar-refractivity contribution in [3.05, 3.63) is 29.3 Å². The molecule has 0 aliphatic carbocycles. The second-order valence-corrected chi connectivity index (χ2v) is 4.93. The zero-order chi connectivity index (χ0) is 14.8. The van der Waals surface area contributed by atoms with E-state index in [2.05, 4.69) is 4.90 Å². The molecule has 0 bridgehead atoms. The largest absolute Gasteiger partial charge is 0.418 e. The van der Waals surface area contributed by atoms with Gasteiger partial charge in [0.1, 0.15) is 0 Å². The van der Waals surface area contributed by atoms with E-state index >= 15 is 0 Å². The number of anilines is 1. The molecule has 0 unspecified atom stereocenters. The average Bonchev–Trinajstić information content (AvgIpc) is 2.46. The predicted octanol–water partition coefficient (Wildman–Crippen LogP) is 2.34. The summed E-state index contributed by atoms with van der Waals surface area (Å²) in [7, 11) is 0. The monoisotopic (exact) mass is 288 g/mol. The molecule has 1 fully saturated rings. The first-order valence-corrected chi connectivity index (χ1v) is 6.74. The number of hydrogen-bond acceptors (Lipinski definition) is 3. The number of rotatable bonds is 3. The Morgan fingerprint density at radius 1 is 1.15 bits per heavy atom. The maximum absolute atomic E-state index is 13.1. The molecule has 0 amide bonds. The molecule has 1 aromatic carbocycles. The van der Waals surface area contributed by atoms with E-state index in [0.29, 0.717) is 13.1 Å². The summed E-state index contributed by atoms with van der Waals surface area (Å²) in [6.07, 6.45) is -4.40. The summed E-state index contributed by atoms with van der Waals surface area (Å²) in [5, 5.41) is 9.01. The van der Waals surface area contributed by atoms with E-state index in [0.717, 1.165) is 25.7 Å². The van der Waals surface area contributed by atoms with E-state index in [9.17, 15) is 13.2 Å². The highest BCUT2D eigenvalue weighted by molar-refractivity contribution is 5.56. The molecule has 6 heteroatoms. The maximum Gasteiger partial charge on any atom is 0.418 e. The normalized spacial score (nSPS) is 17.6. The first kappa shape index (κ1) is 15.1. The van der Waals surface area contributed by atoms with Crippen LogP contribution >= 0.6 is 0 Å². The molecule has 1 aliphatic rings. The summed E-state index contributed by atoms with van der Waals surface area (Å²) in [6, 6.07) is 4.06. The molecule has 112 valence electrons. The molecule has 0 radical (unpaired) electrons. The van der Waals surface area contributed by atoms with Crippen molar-refractivity contribution in [3.8, 4) is 0 Å². The van der Waals surface area contributed by atoms with Gasteiger partial charge in [0.25, 0.3) is 0 Å². The Kier molecular flexibility index (Phi) is 4.55. The van der Waals surface area contributed by atoms with Crippen LogP contribution in [0.1, 0.15) is 18.1 Å². The van der Waals surface area contributed by atoms with E-state index in [-0.39, 0.29) is 17.9 Å². The molecular weight excluding hydrogens is 269 g/mol. The van der Waals surface area contributed by atoms with Crippen LogP contribution in [0.3, 0.4) is 0 Å². The number of aliphatic hydroxyl groups excluding tert-OH is 1. The first-order valence-electron chi connectivity index (χ1n) is 6.74. The fourth-order valence-electron chi connectivity index (χ4n) is 2.49. The third-order valence-corrected chi connectivity index (χ3v) is 3.71. The fourth-order valence-corrected chi connectivity index (χ4v) is 2.49. The molecule has 1 saturated heterocycles. The number of benzene rings is 1. The molecule has 0 spiro atoms. The van der Waals surface area contributed by atoms with E-state index < -0.39 is 11.7 Å². The van der Waals surface area contributed by atoms with Crippen LogP contribution in [0.25, 0.3) is 0 Å². The Morgan fingerprint density at radius 3 is 2.30 bits per heavy atom. The lowest BCUT2D eigenvalue weighted by molar-refractivity contribution is -0.137. The molecule has 0 aromatic heterocycles. The molecule has 1 N–H and O–H groups in total. The van der Waals surface area contributed by atoms with Crippen molar-refractivity contribution in [2.45, 2.75) is 19.7 Å². The predicted molar refractivity (Wildman–Crippen MR) is 71.7 cm³/mol. The van der Waals surface area contributed by atoms with Gasteiger partial charge in [-0.15, -0.1) is 0 Å². The van der Waals surface area contributed by atoms with Gasteiger partial charge < -0.3 is 14.9 Å². The Morgan fingerprint density at radius 2 is 1.80 bits per heavy atom. The number of nitrogens with zero attached hydrogens (tertiary/aromatic N) is 2. The fraction of sp³-hybridized carbons (Fsp3) is 0.571. The number of hydrogen-bond donors (Lipinski definition) is 1. The van der Waals surface area contributed by atoms with Gasteiger partial charge in [-0.25, -0.2) is 0 Å². The van der Waals surface area contributed by atoms with E-state index in [4.69, 9.17) is 5.11 Å². The van der Waals surface area contributed by atoms with Crippen LogP contribution in [0.15, 0.2) is 18.2 Å². The summed E-state index contributed by atoms with van der Waals surface area (Å²) in [5.74, 6) is 0. The molecule has 1 heterocycles.